The van der Waals surface area contributed by atoms with Gasteiger partial charge in [-0.2, -0.15) is 0 Å². The zero-order valence-corrected chi connectivity index (χ0v) is 11.8. The van der Waals surface area contributed by atoms with Gasteiger partial charge in [0, 0.05) is 15.6 Å². The summed E-state index contributed by atoms with van der Waals surface area (Å²) in [7, 11) is 0. The molecule has 0 saturated heterocycles. The highest BCUT2D eigenvalue weighted by molar-refractivity contribution is 6.30. The van der Waals surface area contributed by atoms with Crippen LogP contribution in [-0.2, 0) is 0 Å². The number of hydrogen-bond acceptors (Lipinski definition) is 2. The average molecular weight is 295 g/mol. The van der Waals surface area contributed by atoms with Crippen molar-refractivity contribution in [2.24, 2.45) is 0 Å². The molecule has 2 rings (SSSR count). The van der Waals surface area contributed by atoms with E-state index in [9.17, 15) is 4.79 Å². The topological polar surface area (TPSA) is 26.3 Å². The molecule has 0 N–H and O–H groups in total. The maximum atomic E-state index is 12.1. The Bertz CT molecular complexity index is 562. The summed E-state index contributed by atoms with van der Waals surface area (Å²) in [5.74, 6) is 0.519. The Morgan fingerprint density at radius 1 is 0.947 bits per heavy atom. The Morgan fingerprint density at radius 2 is 1.42 bits per heavy atom. The summed E-state index contributed by atoms with van der Waals surface area (Å²) in [5.41, 5.74) is 0.575. The Morgan fingerprint density at radius 3 is 1.95 bits per heavy atom. The van der Waals surface area contributed by atoms with Crippen molar-refractivity contribution in [3.05, 3.63) is 64.1 Å². The standard InChI is InChI=1S/C15H12Cl2O2/c1-10(19-14-8-6-13(17)7-9-14)15(18)11-2-4-12(16)5-3-11/h2-10H,1H3. The quantitative estimate of drug-likeness (QED) is 0.768. The van der Waals surface area contributed by atoms with E-state index in [-0.39, 0.29) is 5.78 Å². The Hall–Kier alpha value is -1.51. The molecule has 2 aromatic rings. The van der Waals surface area contributed by atoms with Gasteiger partial charge in [-0.1, -0.05) is 23.2 Å². The van der Waals surface area contributed by atoms with Crippen LogP contribution in [0.5, 0.6) is 5.75 Å². The van der Waals surface area contributed by atoms with Crippen LogP contribution in [0.25, 0.3) is 0 Å². The molecule has 4 heteroatoms. The van der Waals surface area contributed by atoms with Gasteiger partial charge < -0.3 is 4.74 Å². The number of carbonyl (C=O) groups is 1. The first kappa shape index (κ1) is 13.9. The number of ether oxygens (including phenoxy) is 1. The van der Waals surface area contributed by atoms with Crippen molar-refractivity contribution in [1.82, 2.24) is 0 Å². The molecule has 2 nitrogen and oxygen atoms in total. The van der Waals surface area contributed by atoms with Gasteiger partial charge in [0.05, 0.1) is 0 Å². The fourth-order valence-electron chi connectivity index (χ4n) is 1.62. The van der Waals surface area contributed by atoms with E-state index in [1.54, 1.807) is 55.5 Å². The second-order valence-electron chi connectivity index (χ2n) is 4.09. The van der Waals surface area contributed by atoms with Gasteiger partial charge in [-0.05, 0) is 55.5 Å². The molecule has 2 aromatic carbocycles. The number of benzene rings is 2. The van der Waals surface area contributed by atoms with E-state index in [1.165, 1.54) is 0 Å². The molecule has 1 atom stereocenters. The van der Waals surface area contributed by atoms with Gasteiger partial charge in [0.15, 0.2) is 6.10 Å². The van der Waals surface area contributed by atoms with Gasteiger partial charge in [-0.3, -0.25) is 4.79 Å². The summed E-state index contributed by atoms with van der Waals surface area (Å²) in [6, 6.07) is 13.6. The predicted octanol–water partition coefficient (Wildman–Crippen LogP) is 4.64. The normalized spacial score (nSPS) is 11.9. The van der Waals surface area contributed by atoms with Crippen molar-refractivity contribution in [2.45, 2.75) is 13.0 Å². The third kappa shape index (κ3) is 3.72. The second kappa shape index (κ2) is 6.09. The van der Waals surface area contributed by atoms with Crippen molar-refractivity contribution >= 4 is 29.0 Å². The molecule has 0 aliphatic heterocycles. The van der Waals surface area contributed by atoms with E-state index < -0.39 is 6.10 Å². The van der Waals surface area contributed by atoms with E-state index in [4.69, 9.17) is 27.9 Å². The molecule has 0 amide bonds. The Balaban J connectivity index is 2.07. The van der Waals surface area contributed by atoms with E-state index in [1.807, 2.05) is 0 Å². The fourth-order valence-corrected chi connectivity index (χ4v) is 1.87. The molecule has 0 bridgehead atoms. The van der Waals surface area contributed by atoms with E-state index in [0.29, 0.717) is 21.4 Å². The van der Waals surface area contributed by atoms with Crippen LogP contribution in [0.1, 0.15) is 17.3 Å². The predicted molar refractivity (Wildman–Crippen MR) is 77.3 cm³/mol. The highest BCUT2D eigenvalue weighted by Crippen LogP contribution is 2.18. The summed E-state index contributed by atoms with van der Waals surface area (Å²) in [5, 5.41) is 1.23. The minimum Gasteiger partial charge on any atom is -0.483 e. The number of hydrogen-bond donors (Lipinski definition) is 0. The van der Waals surface area contributed by atoms with Crippen LogP contribution in [0.2, 0.25) is 10.0 Å². The van der Waals surface area contributed by atoms with Gasteiger partial charge >= 0.3 is 0 Å². The molecular weight excluding hydrogens is 283 g/mol. The molecule has 98 valence electrons. The molecule has 1 unspecified atom stereocenters. The fraction of sp³-hybridized carbons (Fsp3) is 0.133. The van der Waals surface area contributed by atoms with Crippen LogP contribution in [0.15, 0.2) is 48.5 Å². The second-order valence-corrected chi connectivity index (χ2v) is 4.96. The van der Waals surface area contributed by atoms with Crippen LogP contribution in [0.3, 0.4) is 0 Å². The van der Waals surface area contributed by atoms with Gasteiger partial charge in [-0.15, -0.1) is 0 Å². The van der Waals surface area contributed by atoms with Gasteiger partial charge in [0.25, 0.3) is 0 Å². The number of ketones is 1. The number of halogens is 2. The summed E-state index contributed by atoms with van der Waals surface area (Å²) in [6.07, 6.45) is -0.567. The molecule has 0 radical (unpaired) electrons. The lowest BCUT2D eigenvalue weighted by Crippen LogP contribution is -2.23. The Labute approximate surface area is 121 Å². The zero-order valence-electron chi connectivity index (χ0n) is 10.3. The SMILES string of the molecule is CC(Oc1ccc(Cl)cc1)C(=O)c1ccc(Cl)cc1. The number of Topliss-reactive ketones (excluding diaryl/α,β-unsaturated/α-hetero) is 1. The summed E-state index contributed by atoms with van der Waals surface area (Å²) < 4.78 is 5.57. The lowest BCUT2D eigenvalue weighted by atomic mass is 10.1. The zero-order chi connectivity index (χ0) is 13.8. The van der Waals surface area contributed by atoms with Crippen molar-refractivity contribution in [3.8, 4) is 5.75 Å². The Kier molecular flexibility index (Phi) is 4.46. The van der Waals surface area contributed by atoms with E-state index in [2.05, 4.69) is 0 Å². The third-order valence-corrected chi connectivity index (χ3v) is 3.13. The first-order valence-corrected chi connectivity index (χ1v) is 6.54. The van der Waals surface area contributed by atoms with Crippen molar-refractivity contribution in [3.63, 3.8) is 0 Å². The van der Waals surface area contributed by atoms with Gasteiger partial charge in [-0.25, -0.2) is 0 Å². The third-order valence-electron chi connectivity index (χ3n) is 2.62. The summed E-state index contributed by atoms with van der Waals surface area (Å²) >= 11 is 11.6. The number of rotatable bonds is 4. The molecule has 0 fully saturated rings. The van der Waals surface area contributed by atoms with E-state index >= 15 is 0 Å². The largest absolute Gasteiger partial charge is 0.483 e. The highest BCUT2D eigenvalue weighted by Gasteiger charge is 2.16. The highest BCUT2D eigenvalue weighted by atomic mass is 35.5. The minimum atomic E-state index is -0.567. The molecular formula is C15H12Cl2O2. The van der Waals surface area contributed by atoms with Crippen LogP contribution < -0.4 is 4.74 Å². The summed E-state index contributed by atoms with van der Waals surface area (Å²) in [6.45, 7) is 1.71. The first-order chi connectivity index (χ1) is 9.06. The van der Waals surface area contributed by atoms with Crippen LogP contribution >= 0.6 is 23.2 Å². The maximum absolute atomic E-state index is 12.1. The molecule has 0 saturated carbocycles. The van der Waals surface area contributed by atoms with E-state index in [0.717, 1.165) is 0 Å². The summed E-state index contributed by atoms with van der Waals surface area (Å²) in [4.78, 5) is 12.1. The van der Waals surface area contributed by atoms with Crippen molar-refractivity contribution < 1.29 is 9.53 Å². The molecule has 0 aliphatic rings. The van der Waals surface area contributed by atoms with Crippen molar-refractivity contribution in [1.29, 1.82) is 0 Å². The maximum Gasteiger partial charge on any atom is 0.202 e. The lowest BCUT2D eigenvalue weighted by Gasteiger charge is -2.13. The monoisotopic (exact) mass is 294 g/mol. The molecule has 19 heavy (non-hydrogen) atoms. The molecule has 0 spiro atoms. The average Bonchev–Trinajstić information content (AvgIpc) is 2.41. The van der Waals surface area contributed by atoms with Crippen LogP contribution in [0, 0.1) is 0 Å². The lowest BCUT2D eigenvalue weighted by molar-refractivity contribution is 0.0818. The first-order valence-electron chi connectivity index (χ1n) is 5.78. The van der Waals surface area contributed by atoms with Crippen molar-refractivity contribution in [2.75, 3.05) is 0 Å². The minimum absolute atomic E-state index is 0.0911. The smallest absolute Gasteiger partial charge is 0.202 e. The molecule has 0 heterocycles. The van der Waals surface area contributed by atoms with Gasteiger partial charge in [0.2, 0.25) is 5.78 Å². The van der Waals surface area contributed by atoms with Crippen LogP contribution in [-0.4, -0.2) is 11.9 Å². The molecule has 0 aromatic heterocycles. The van der Waals surface area contributed by atoms with Crippen LogP contribution in [0.4, 0.5) is 0 Å². The number of carbonyl (C=O) groups excluding carboxylic acids is 1. The van der Waals surface area contributed by atoms with Gasteiger partial charge in [0.1, 0.15) is 5.75 Å². The molecule has 0 aliphatic carbocycles.